The van der Waals surface area contributed by atoms with Crippen LogP contribution in [-0.2, 0) is 11.3 Å². The third-order valence-electron chi connectivity index (χ3n) is 4.24. The number of aryl methyl sites for hydroxylation is 2. The van der Waals surface area contributed by atoms with Crippen LogP contribution in [0.25, 0.3) is 10.8 Å². The predicted octanol–water partition coefficient (Wildman–Crippen LogP) is 3.27. The molecule has 25 heavy (non-hydrogen) atoms. The maximum Gasteiger partial charge on any atom is 0.258 e. The van der Waals surface area contributed by atoms with Crippen LogP contribution in [0.4, 0.5) is 5.69 Å². The van der Waals surface area contributed by atoms with Crippen molar-refractivity contribution in [2.45, 2.75) is 20.4 Å². The number of nitrogens with one attached hydrogen (secondary N) is 1. The van der Waals surface area contributed by atoms with Gasteiger partial charge in [0.25, 0.3) is 5.56 Å². The van der Waals surface area contributed by atoms with E-state index in [1.807, 2.05) is 38.1 Å². The highest BCUT2D eigenvalue weighted by molar-refractivity contribution is 5.92. The van der Waals surface area contributed by atoms with Crippen LogP contribution in [0.3, 0.4) is 0 Å². The minimum Gasteiger partial charge on any atom is -0.497 e. The summed E-state index contributed by atoms with van der Waals surface area (Å²) in [6.45, 7) is 3.85. The minimum atomic E-state index is -0.229. The zero-order valence-corrected chi connectivity index (χ0v) is 14.5. The normalized spacial score (nSPS) is 10.7. The molecule has 5 nitrogen and oxygen atoms in total. The van der Waals surface area contributed by atoms with Crippen molar-refractivity contribution < 1.29 is 9.53 Å². The molecule has 1 aromatic heterocycles. The summed E-state index contributed by atoms with van der Waals surface area (Å²) in [5.74, 6) is 0.463. The zero-order valence-electron chi connectivity index (χ0n) is 14.5. The molecule has 1 amide bonds. The van der Waals surface area contributed by atoms with E-state index in [-0.39, 0.29) is 18.0 Å². The second-order valence-electron chi connectivity index (χ2n) is 6.02. The van der Waals surface area contributed by atoms with Gasteiger partial charge in [-0.2, -0.15) is 0 Å². The van der Waals surface area contributed by atoms with E-state index >= 15 is 0 Å². The Balaban J connectivity index is 1.86. The Morgan fingerprint density at radius 2 is 1.84 bits per heavy atom. The molecule has 1 heterocycles. The van der Waals surface area contributed by atoms with Crippen molar-refractivity contribution in [1.82, 2.24) is 4.57 Å². The van der Waals surface area contributed by atoms with Gasteiger partial charge < -0.3 is 14.6 Å². The lowest BCUT2D eigenvalue weighted by Gasteiger charge is -2.12. The van der Waals surface area contributed by atoms with E-state index in [2.05, 4.69) is 5.32 Å². The topological polar surface area (TPSA) is 60.3 Å². The highest BCUT2D eigenvalue weighted by Crippen LogP contribution is 2.20. The van der Waals surface area contributed by atoms with Gasteiger partial charge in [-0.3, -0.25) is 9.59 Å². The number of para-hydroxylation sites is 1. The molecule has 0 bridgehead atoms. The second kappa shape index (κ2) is 6.81. The van der Waals surface area contributed by atoms with Gasteiger partial charge in [0.1, 0.15) is 12.3 Å². The van der Waals surface area contributed by atoms with Crippen LogP contribution in [0.2, 0.25) is 0 Å². The number of rotatable bonds is 4. The molecule has 0 unspecified atom stereocenters. The summed E-state index contributed by atoms with van der Waals surface area (Å²) < 4.78 is 6.59. The summed E-state index contributed by atoms with van der Waals surface area (Å²) >= 11 is 0. The molecule has 0 aliphatic heterocycles. The fourth-order valence-electron chi connectivity index (χ4n) is 2.86. The predicted molar refractivity (Wildman–Crippen MR) is 99.3 cm³/mol. The van der Waals surface area contributed by atoms with Crippen molar-refractivity contribution in [2.24, 2.45) is 0 Å². The number of fused-ring (bicyclic) bond motifs is 1. The van der Waals surface area contributed by atoms with E-state index in [4.69, 9.17) is 4.74 Å². The first-order chi connectivity index (χ1) is 12.0. The monoisotopic (exact) mass is 336 g/mol. The Kier molecular flexibility index (Phi) is 4.57. The fourth-order valence-corrected chi connectivity index (χ4v) is 2.86. The fraction of sp³-hybridized carbons (Fsp3) is 0.200. The molecular formula is C20H20N2O3. The van der Waals surface area contributed by atoms with Gasteiger partial charge in [-0.25, -0.2) is 0 Å². The third kappa shape index (κ3) is 3.40. The van der Waals surface area contributed by atoms with Crippen LogP contribution < -0.4 is 15.6 Å². The van der Waals surface area contributed by atoms with E-state index in [0.29, 0.717) is 11.1 Å². The lowest BCUT2D eigenvalue weighted by molar-refractivity contribution is -0.116. The minimum absolute atomic E-state index is 0.0332. The number of carbonyl (C=O) groups is 1. The molecule has 0 spiro atoms. The van der Waals surface area contributed by atoms with Gasteiger partial charge >= 0.3 is 0 Å². The van der Waals surface area contributed by atoms with E-state index in [0.717, 1.165) is 22.2 Å². The molecule has 0 atom stereocenters. The smallest absolute Gasteiger partial charge is 0.258 e. The van der Waals surface area contributed by atoms with Gasteiger partial charge in [-0.1, -0.05) is 18.2 Å². The molecule has 0 saturated carbocycles. The quantitative estimate of drug-likeness (QED) is 0.795. The zero-order chi connectivity index (χ0) is 18.0. The van der Waals surface area contributed by atoms with Crippen molar-refractivity contribution >= 4 is 22.4 Å². The first-order valence-corrected chi connectivity index (χ1v) is 8.03. The molecule has 0 saturated heterocycles. The van der Waals surface area contributed by atoms with Crippen molar-refractivity contribution in [1.29, 1.82) is 0 Å². The molecule has 3 aromatic rings. The second-order valence-corrected chi connectivity index (χ2v) is 6.02. The molecule has 0 aliphatic rings. The molecule has 1 N–H and O–H groups in total. The van der Waals surface area contributed by atoms with Gasteiger partial charge in [0, 0.05) is 17.3 Å². The first kappa shape index (κ1) is 16.8. The Labute approximate surface area is 145 Å². The standard InChI is InChI=1S/C20H20N2O3/c1-13-5-4-6-14(2)19(13)21-18(23)12-22-10-9-15-11-16(25-3)7-8-17(15)20(22)24/h4-11H,12H2,1-3H3,(H,21,23). The van der Waals surface area contributed by atoms with Gasteiger partial charge in [0.05, 0.1) is 7.11 Å². The molecule has 128 valence electrons. The molecule has 0 fully saturated rings. The van der Waals surface area contributed by atoms with Crippen LogP contribution in [0.1, 0.15) is 11.1 Å². The number of benzene rings is 2. The number of ether oxygens (including phenoxy) is 1. The maximum absolute atomic E-state index is 12.6. The van der Waals surface area contributed by atoms with E-state index in [1.54, 1.807) is 31.5 Å². The van der Waals surface area contributed by atoms with E-state index in [9.17, 15) is 9.59 Å². The maximum atomic E-state index is 12.6. The Bertz CT molecular complexity index is 985. The molecule has 5 heteroatoms. The summed E-state index contributed by atoms with van der Waals surface area (Å²) in [4.78, 5) is 25.0. The highest BCUT2D eigenvalue weighted by atomic mass is 16.5. The number of anilines is 1. The lowest BCUT2D eigenvalue weighted by atomic mass is 10.1. The largest absolute Gasteiger partial charge is 0.497 e. The highest BCUT2D eigenvalue weighted by Gasteiger charge is 2.10. The van der Waals surface area contributed by atoms with Crippen LogP contribution >= 0.6 is 0 Å². The lowest BCUT2D eigenvalue weighted by Crippen LogP contribution is -2.27. The van der Waals surface area contributed by atoms with Crippen molar-refractivity contribution in [2.75, 3.05) is 12.4 Å². The third-order valence-corrected chi connectivity index (χ3v) is 4.24. The van der Waals surface area contributed by atoms with Crippen molar-refractivity contribution in [3.05, 3.63) is 70.1 Å². The number of carbonyl (C=O) groups excluding carboxylic acids is 1. The molecule has 2 aromatic carbocycles. The Hall–Kier alpha value is -3.08. The number of aromatic nitrogens is 1. The number of pyridine rings is 1. The van der Waals surface area contributed by atoms with E-state index in [1.165, 1.54) is 4.57 Å². The van der Waals surface area contributed by atoms with Crippen LogP contribution in [0.5, 0.6) is 5.75 Å². The van der Waals surface area contributed by atoms with Gasteiger partial charge in [-0.15, -0.1) is 0 Å². The van der Waals surface area contributed by atoms with Crippen LogP contribution in [-0.4, -0.2) is 17.6 Å². The molecular weight excluding hydrogens is 316 g/mol. The Morgan fingerprint density at radius 3 is 2.52 bits per heavy atom. The van der Waals surface area contributed by atoms with Crippen LogP contribution in [0.15, 0.2) is 53.5 Å². The SMILES string of the molecule is COc1ccc2c(=O)n(CC(=O)Nc3c(C)cccc3C)ccc2c1. The van der Waals surface area contributed by atoms with Gasteiger partial charge in [0.15, 0.2) is 0 Å². The summed E-state index contributed by atoms with van der Waals surface area (Å²) in [5.41, 5.74) is 2.58. The number of hydrogen-bond acceptors (Lipinski definition) is 3. The number of amides is 1. The summed E-state index contributed by atoms with van der Waals surface area (Å²) in [6.07, 6.45) is 1.63. The van der Waals surface area contributed by atoms with Gasteiger partial charge in [-0.05, 0) is 54.6 Å². The Morgan fingerprint density at radius 1 is 1.12 bits per heavy atom. The van der Waals surface area contributed by atoms with Crippen molar-refractivity contribution in [3.8, 4) is 5.75 Å². The van der Waals surface area contributed by atoms with Gasteiger partial charge in [0.2, 0.25) is 5.91 Å². The average molecular weight is 336 g/mol. The molecule has 3 rings (SSSR count). The number of nitrogens with zero attached hydrogens (tertiary/aromatic N) is 1. The van der Waals surface area contributed by atoms with E-state index < -0.39 is 0 Å². The summed E-state index contributed by atoms with van der Waals surface area (Å²) in [5, 5.41) is 4.25. The average Bonchev–Trinajstić information content (AvgIpc) is 2.60. The van der Waals surface area contributed by atoms with Crippen molar-refractivity contribution in [3.63, 3.8) is 0 Å². The summed E-state index contributed by atoms with van der Waals surface area (Å²) in [7, 11) is 1.58. The summed E-state index contributed by atoms with van der Waals surface area (Å²) in [6, 6.07) is 12.9. The molecule has 0 radical (unpaired) electrons. The number of hydrogen-bond donors (Lipinski definition) is 1. The van der Waals surface area contributed by atoms with Crippen LogP contribution in [0, 0.1) is 13.8 Å². The molecule has 0 aliphatic carbocycles. The number of methoxy groups -OCH3 is 1. The first-order valence-electron chi connectivity index (χ1n) is 8.03.